The van der Waals surface area contributed by atoms with E-state index in [1.165, 1.54) is 6.92 Å². The van der Waals surface area contributed by atoms with Crippen LogP contribution in [-0.2, 0) is 16.2 Å². The van der Waals surface area contributed by atoms with Gasteiger partial charge in [0, 0.05) is 5.02 Å². The number of benzene rings is 1. The van der Waals surface area contributed by atoms with Gasteiger partial charge in [-0.25, -0.2) is 13.0 Å². The van der Waals surface area contributed by atoms with Crippen LogP contribution in [0.15, 0.2) is 27.7 Å². The van der Waals surface area contributed by atoms with Crippen LogP contribution in [-0.4, -0.2) is 18.7 Å². The summed E-state index contributed by atoms with van der Waals surface area (Å²) in [5.74, 6) is -0.293. The molecule has 0 aliphatic heterocycles. The van der Waals surface area contributed by atoms with Gasteiger partial charge >= 0.3 is 6.18 Å². The zero-order valence-corrected chi connectivity index (χ0v) is 11.8. The first-order valence-corrected chi connectivity index (χ1v) is 7.16. The van der Waals surface area contributed by atoms with Crippen LogP contribution < -0.4 is 4.72 Å². The summed E-state index contributed by atoms with van der Waals surface area (Å²) in [6.45, 7) is 1.38. The molecule has 0 amide bonds. The molecule has 0 atom stereocenters. The van der Waals surface area contributed by atoms with E-state index in [0.29, 0.717) is 6.07 Å². The average Bonchev–Trinajstić information content (AvgIpc) is 2.73. The fraction of sp³-hybridized carbons (Fsp3) is 0.200. The molecule has 1 N–H and O–H groups in total. The standard InChI is InChI=1S/C10H7ClF3N3O3S/c1-5-9(16-20-15-5)17-21(18,19)8-3-2-6(11)4-7(8)10(12,13)14/h2-4H,1H3,(H,16,17). The number of halogens is 4. The van der Waals surface area contributed by atoms with Crippen LogP contribution in [0.25, 0.3) is 0 Å². The maximum atomic E-state index is 12.9. The molecule has 1 aromatic carbocycles. The topological polar surface area (TPSA) is 85.1 Å². The van der Waals surface area contributed by atoms with Crippen molar-refractivity contribution in [3.05, 3.63) is 34.5 Å². The van der Waals surface area contributed by atoms with E-state index in [1.807, 2.05) is 4.72 Å². The van der Waals surface area contributed by atoms with E-state index in [1.54, 1.807) is 0 Å². The Morgan fingerprint density at radius 3 is 2.48 bits per heavy atom. The largest absolute Gasteiger partial charge is 0.417 e. The number of hydrogen-bond acceptors (Lipinski definition) is 5. The Balaban J connectivity index is 2.53. The lowest BCUT2D eigenvalue weighted by Crippen LogP contribution is -2.19. The second-order valence-corrected chi connectivity index (χ2v) is 6.03. The minimum Gasteiger partial charge on any atom is -0.259 e. The number of rotatable bonds is 3. The molecule has 1 heterocycles. The monoisotopic (exact) mass is 341 g/mol. The average molecular weight is 342 g/mol. The Morgan fingerprint density at radius 1 is 1.29 bits per heavy atom. The fourth-order valence-corrected chi connectivity index (χ4v) is 2.90. The Bertz CT molecular complexity index is 773. The van der Waals surface area contributed by atoms with Crippen molar-refractivity contribution in [1.29, 1.82) is 0 Å². The molecular formula is C10H7ClF3N3O3S. The number of nitrogens with zero attached hydrogens (tertiary/aromatic N) is 2. The van der Waals surface area contributed by atoms with Gasteiger partial charge in [-0.15, -0.1) is 0 Å². The van der Waals surface area contributed by atoms with E-state index >= 15 is 0 Å². The predicted octanol–water partition coefficient (Wildman–Crippen LogP) is 2.85. The summed E-state index contributed by atoms with van der Waals surface area (Å²) in [6, 6.07) is 2.33. The van der Waals surface area contributed by atoms with E-state index in [2.05, 4.69) is 14.9 Å². The first-order chi connectivity index (χ1) is 9.61. The molecule has 114 valence electrons. The zero-order valence-electron chi connectivity index (χ0n) is 10.3. The number of aromatic nitrogens is 2. The van der Waals surface area contributed by atoms with Crippen molar-refractivity contribution in [2.75, 3.05) is 4.72 Å². The SMILES string of the molecule is Cc1nonc1NS(=O)(=O)c1ccc(Cl)cc1C(F)(F)F. The van der Waals surface area contributed by atoms with Gasteiger partial charge in [0.15, 0.2) is 0 Å². The molecular weight excluding hydrogens is 335 g/mol. The molecule has 2 aromatic rings. The van der Waals surface area contributed by atoms with Crippen LogP contribution >= 0.6 is 11.6 Å². The minimum atomic E-state index is -4.88. The van der Waals surface area contributed by atoms with Gasteiger partial charge in [0.25, 0.3) is 10.0 Å². The molecule has 11 heteroatoms. The molecule has 0 unspecified atom stereocenters. The van der Waals surface area contributed by atoms with Crippen LogP contribution in [0.2, 0.25) is 5.02 Å². The van der Waals surface area contributed by atoms with Crippen molar-refractivity contribution in [1.82, 2.24) is 10.3 Å². The molecule has 0 aliphatic rings. The number of aryl methyl sites for hydroxylation is 1. The van der Waals surface area contributed by atoms with Gasteiger partial charge < -0.3 is 0 Å². The summed E-state index contributed by atoms with van der Waals surface area (Å²) in [7, 11) is -4.53. The number of alkyl halides is 3. The first kappa shape index (κ1) is 15.6. The molecule has 0 saturated heterocycles. The predicted molar refractivity (Wildman–Crippen MR) is 66.3 cm³/mol. The van der Waals surface area contributed by atoms with Crippen LogP contribution in [0.4, 0.5) is 19.0 Å². The van der Waals surface area contributed by atoms with Crippen LogP contribution in [0.3, 0.4) is 0 Å². The first-order valence-electron chi connectivity index (χ1n) is 5.30. The second-order valence-electron chi connectivity index (χ2n) is 3.94. The van der Waals surface area contributed by atoms with Crippen molar-refractivity contribution in [3.63, 3.8) is 0 Å². The van der Waals surface area contributed by atoms with Crippen molar-refractivity contribution < 1.29 is 26.2 Å². The Labute approximate surface area is 121 Å². The van der Waals surface area contributed by atoms with Crippen molar-refractivity contribution >= 4 is 27.4 Å². The van der Waals surface area contributed by atoms with E-state index in [-0.39, 0.29) is 16.5 Å². The molecule has 0 radical (unpaired) electrons. The van der Waals surface area contributed by atoms with Crippen molar-refractivity contribution in [2.45, 2.75) is 18.0 Å². The normalized spacial score (nSPS) is 12.4. The molecule has 0 fully saturated rings. The van der Waals surface area contributed by atoms with Gasteiger partial charge in [-0.3, -0.25) is 4.72 Å². The summed E-state index contributed by atoms with van der Waals surface area (Å²) in [4.78, 5) is -0.971. The van der Waals surface area contributed by atoms with Crippen LogP contribution in [0, 0.1) is 6.92 Å². The third-order valence-electron chi connectivity index (χ3n) is 2.42. The highest BCUT2D eigenvalue weighted by atomic mass is 35.5. The number of hydrogen-bond donors (Lipinski definition) is 1. The molecule has 21 heavy (non-hydrogen) atoms. The van der Waals surface area contributed by atoms with Gasteiger partial charge in [-0.2, -0.15) is 13.2 Å². The second kappa shape index (κ2) is 5.19. The molecule has 1 aromatic heterocycles. The number of anilines is 1. The lowest BCUT2D eigenvalue weighted by molar-refractivity contribution is -0.139. The van der Waals surface area contributed by atoms with E-state index < -0.39 is 26.7 Å². The lowest BCUT2D eigenvalue weighted by atomic mass is 10.2. The fourth-order valence-electron chi connectivity index (χ4n) is 1.46. The van der Waals surface area contributed by atoms with Crippen molar-refractivity contribution in [2.24, 2.45) is 0 Å². The molecule has 0 bridgehead atoms. The summed E-state index contributed by atoms with van der Waals surface area (Å²) < 4.78 is 69.0. The maximum absolute atomic E-state index is 12.9. The van der Waals surface area contributed by atoms with Gasteiger partial charge in [-0.05, 0) is 30.3 Å². The quantitative estimate of drug-likeness (QED) is 0.927. The Morgan fingerprint density at radius 2 is 1.95 bits per heavy atom. The molecule has 2 rings (SSSR count). The van der Waals surface area contributed by atoms with Gasteiger partial charge in [0.05, 0.1) is 10.5 Å². The number of nitrogens with one attached hydrogen (secondary N) is 1. The van der Waals surface area contributed by atoms with Gasteiger partial charge in [0.2, 0.25) is 5.82 Å². The number of sulfonamides is 1. The highest BCUT2D eigenvalue weighted by molar-refractivity contribution is 7.92. The molecule has 0 saturated carbocycles. The van der Waals surface area contributed by atoms with E-state index in [0.717, 1.165) is 12.1 Å². The highest BCUT2D eigenvalue weighted by Crippen LogP contribution is 2.36. The summed E-state index contributed by atoms with van der Waals surface area (Å²) in [5.41, 5.74) is -1.29. The highest BCUT2D eigenvalue weighted by Gasteiger charge is 2.37. The molecule has 0 spiro atoms. The molecule has 6 nitrogen and oxygen atoms in total. The lowest BCUT2D eigenvalue weighted by Gasteiger charge is -2.13. The molecule has 0 aliphatic carbocycles. The summed E-state index contributed by atoms with van der Waals surface area (Å²) in [6.07, 6.45) is -4.88. The van der Waals surface area contributed by atoms with Crippen LogP contribution in [0.5, 0.6) is 0 Å². The minimum absolute atomic E-state index is 0.0843. The summed E-state index contributed by atoms with van der Waals surface area (Å²) >= 11 is 5.49. The Kier molecular flexibility index (Phi) is 3.85. The van der Waals surface area contributed by atoms with E-state index in [9.17, 15) is 21.6 Å². The van der Waals surface area contributed by atoms with Crippen molar-refractivity contribution in [3.8, 4) is 0 Å². The summed E-state index contributed by atoms with van der Waals surface area (Å²) in [5, 5.41) is 6.34. The smallest absolute Gasteiger partial charge is 0.259 e. The van der Waals surface area contributed by atoms with Gasteiger partial charge in [0.1, 0.15) is 5.69 Å². The third-order valence-corrected chi connectivity index (χ3v) is 4.05. The maximum Gasteiger partial charge on any atom is 0.417 e. The van der Waals surface area contributed by atoms with E-state index in [4.69, 9.17) is 11.6 Å². The third kappa shape index (κ3) is 3.27. The van der Waals surface area contributed by atoms with Crippen LogP contribution in [0.1, 0.15) is 11.3 Å². The zero-order chi connectivity index (χ0) is 15.8. The van der Waals surface area contributed by atoms with Gasteiger partial charge in [-0.1, -0.05) is 16.8 Å². The Hall–Kier alpha value is -1.81.